The molecule has 0 saturated carbocycles. The molecule has 3 heterocycles. The molecule has 1 aliphatic heterocycles. The number of aromatic nitrogens is 3. The molecule has 1 saturated heterocycles. The number of fused-ring (bicyclic) bond motifs is 1. The largest absolute Gasteiger partial charge is 0.356 e. The van der Waals surface area contributed by atoms with Crippen LogP contribution in [0.5, 0.6) is 0 Å². The van der Waals surface area contributed by atoms with Gasteiger partial charge in [-0.1, -0.05) is 27.7 Å². The normalized spacial score (nSPS) is 17.4. The molecule has 1 atom stereocenters. The summed E-state index contributed by atoms with van der Waals surface area (Å²) in [5.41, 5.74) is 3.07. The molecule has 0 aromatic carbocycles. The first-order valence-corrected chi connectivity index (χ1v) is 10.6. The lowest BCUT2D eigenvalue weighted by Gasteiger charge is -2.32. The minimum atomic E-state index is -0.150. The van der Waals surface area contributed by atoms with Crippen LogP contribution in [-0.4, -0.2) is 51.1 Å². The first-order valence-electron chi connectivity index (χ1n) is 10.6. The van der Waals surface area contributed by atoms with Gasteiger partial charge < -0.3 is 10.2 Å². The van der Waals surface area contributed by atoms with Crippen molar-refractivity contribution in [1.29, 1.82) is 0 Å². The highest BCUT2D eigenvalue weighted by Crippen LogP contribution is 2.27. The van der Waals surface area contributed by atoms with E-state index in [-0.39, 0.29) is 23.7 Å². The molecule has 0 aliphatic carbocycles. The molecule has 7 nitrogen and oxygen atoms in total. The Morgan fingerprint density at radius 1 is 1.28 bits per heavy atom. The summed E-state index contributed by atoms with van der Waals surface area (Å²) >= 11 is 0. The van der Waals surface area contributed by atoms with E-state index in [1.165, 1.54) is 0 Å². The quantitative estimate of drug-likeness (QED) is 0.838. The molecule has 3 rings (SSSR count). The van der Waals surface area contributed by atoms with E-state index in [0.717, 1.165) is 35.3 Å². The number of rotatable bonds is 5. The van der Waals surface area contributed by atoms with Crippen LogP contribution in [0.4, 0.5) is 0 Å². The van der Waals surface area contributed by atoms with Crippen molar-refractivity contribution in [3.05, 3.63) is 23.0 Å². The minimum Gasteiger partial charge on any atom is -0.356 e. The Labute approximate surface area is 172 Å². The molecular weight excluding hydrogens is 366 g/mol. The first-order chi connectivity index (χ1) is 13.7. The van der Waals surface area contributed by atoms with Crippen molar-refractivity contribution < 1.29 is 9.59 Å². The topological polar surface area (TPSA) is 80.1 Å². The molecule has 1 fully saturated rings. The van der Waals surface area contributed by atoms with Gasteiger partial charge in [-0.05, 0) is 37.7 Å². The number of carbonyl (C=O) groups is 2. The number of hydrogen-bond acceptors (Lipinski definition) is 4. The lowest BCUT2D eigenvalue weighted by atomic mass is 9.95. The van der Waals surface area contributed by atoms with Crippen LogP contribution in [0.2, 0.25) is 0 Å². The molecule has 158 valence electrons. The van der Waals surface area contributed by atoms with Gasteiger partial charge in [-0.15, -0.1) is 0 Å². The average molecular weight is 400 g/mol. The third-order valence-corrected chi connectivity index (χ3v) is 5.57. The molecule has 1 aliphatic rings. The number of carbonyl (C=O) groups excluding carboxylic acids is 2. The van der Waals surface area contributed by atoms with Crippen molar-refractivity contribution in [2.24, 2.45) is 18.9 Å². The molecule has 0 spiro atoms. The predicted octanol–water partition coefficient (Wildman–Crippen LogP) is 3.02. The number of nitrogens with zero attached hydrogens (tertiary/aromatic N) is 4. The Morgan fingerprint density at radius 2 is 2.00 bits per heavy atom. The third kappa shape index (κ3) is 4.43. The molecule has 29 heavy (non-hydrogen) atoms. The van der Waals surface area contributed by atoms with E-state index in [4.69, 9.17) is 4.98 Å². The highest BCUT2D eigenvalue weighted by Gasteiger charge is 2.30. The van der Waals surface area contributed by atoms with Gasteiger partial charge in [0.2, 0.25) is 5.91 Å². The van der Waals surface area contributed by atoms with Crippen LogP contribution in [0.15, 0.2) is 6.07 Å². The maximum absolute atomic E-state index is 13.5. The summed E-state index contributed by atoms with van der Waals surface area (Å²) in [7, 11) is 1.86. The van der Waals surface area contributed by atoms with Crippen molar-refractivity contribution in [3.63, 3.8) is 0 Å². The Hall–Kier alpha value is -2.44. The van der Waals surface area contributed by atoms with Gasteiger partial charge in [-0.3, -0.25) is 14.3 Å². The van der Waals surface area contributed by atoms with Gasteiger partial charge in [0, 0.05) is 32.4 Å². The van der Waals surface area contributed by atoms with Crippen LogP contribution in [0.3, 0.4) is 0 Å². The van der Waals surface area contributed by atoms with Crippen LogP contribution < -0.4 is 5.32 Å². The number of pyridine rings is 1. The smallest absolute Gasteiger partial charge is 0.254 e. The summed E-state index contributed by atoms with van der Waals surface area (Å²) in [6.45, 7) is 12.0. The first kappa shape index (κ1) is 21.3. The van der Waals surface area contributed by atoms with Gasteiger partial charge in [0.1, 0.15) is 0 Å². The molecule has 1 N–H and O–H groups in total. The summed E-state index contributed by atoms with van der Waals surface area (Å²) in [6.07, 6.45) is 1.66. The Morgan fingerprint density at radius 3 is 2.66 bits per heavy atom. The monoisotopic (exact) mass is 399 g/mol. The zero-order chi connectivity index (χ0) is 21.3. The SMILES string of the molecule is Cc1nn(C)c2nc(C(C)C)cc(C(=O)N3CCCC(C(=O)NCC(C)C)C3)c12. The molecule has 0 bridgehead atoms. The number of hydrogen-bond donors (Lipinski definition) is 1. The van der Waals surface area contributed by atoms with Gasteiger partial charge in [0.05, 0.1) is 22.6 Å². The Balaban J connectivity index is 1.89. The lowest BCUT2D eigenvalue weighted by molar-refractivity contribution is -0.126. The zero-order valence-corrected chi connectivity index (χ0v) is 18.5. The maximum Gasteiger partial charge on any atom is 0.254 e. The predicted molar refractivity (Wildman–Crippen MR) is 114 cm³/mol. The number of amides is 2. The molecular formula is C22H33N5O2. The Bertz CT molecular complexity index is 916. The van der Waals surface area contributed by atoms with Crippen LogP contribution >= 0.6 is 0 Å². The van der Waals surface area contributed by atoms with Gasteiger partial charge in [0.15, 0.2) is 5.65 Å². The van der Waals surface area contributed by atoms with Crippen molar-refractivity contribution in [2.75, 3.05) is 19.6 Å². The third-order valence-electron chi connectivity index (χ3n) is 5.57. The Kier molecular flexibility index (Phi) is 6.24. The van der Waals surface area contributed by atoms with E-state index >= 15 is 0 Å². The van der Waals surface area contributed by atoms with Gasteiger partial charge >= 0.3 is 0 Å². The molecule has 2 aromatic heterocycles. The van der Waals surface area contributed by atoms with Gasteiger partial charge in [-0.25, -0.2) is 4.98 Å². The molecule has 2 amide bonds. The molecule has 2 aromatic rings. The number of likely N-dealkylation sites (tertiary alicyclic amines) is 1. The molecule has 7 heteroatoms. The van der Waals surface area contributed by atoms with E-state index in [2.05, 4.69) is 38.1 Å². The summed E-state index contributed by atoms with van der Waals surface area (Å²) in [5, 5.41) is 8.31. The van der Waals surface area contributed by atoms with Crippen LogP contribution in [-0.2, 0) is 11.8 Å². The van der Waals surface area contributed by atoms with Crippen molar-refractivity contribution in [3.8, 4) is 0 Å². The van der Waals surface area contributed by atoms with E-state index in [1.54, 1.807) is 4.68 Å². The number of aryl methyl sites for hydroxylation is 2. The van der Waals surface area contributed by atoms with Crippen molar-refractivity contribution >= 4 is 22.8 Å². The van der Waals surface area contributed by atoms with E-state index in [0.29, 0.717) is 31.1 Å². The second-order valence-electron chi connectivity index (χ2n) is 8.89. The van der Waals surface area contributed by atoms with Crippen LogP contribution in [0.25, 0.3) is 11.0 Å². The molecule has 0 radical (unpaired) electrons. The van der Waals surface area contributed by atoms with Crippen molar-refractivity contribution in [2.45, 2.75) is 53.4 Å². The summed E-state index contributed by atoms with van der Waals surface area (Å²) < 4.78 is 1.74. The fourth-order valence-corrected chi connectivity index (χ4v) is 3.92. The highest BCUT2D eigenvalue weighted by molar-refractivity contribution is 6.06. The van der Waals surface area contributed by atoms with E-state index < -0.39 is 0 Å². The summed E-state index contributed by atoms with van der Waals surface area (Å²) in [6, 6.07) is 1.91. The second-order valence-corrected chi connectivity index (χ2v) is 8.89. The van der Waals surface area contributed by atoms with Crippen LogP contribution in [0.1, 0.15) is 68.2 Å². The van der Waals surface area contributed by atoms with Crippen molar-refractivity contribution in [1.82, 2.24) is 25.0 Å². The number of piperidine rings is 1. The lowest BCUT2D eigenvalue weighted by Crippen LogP contribution is -2.46. The van der Waals surface area contributed by atoms with E-state index in [9.17, 15) is 9.59 Å². The summed E-state index contributed by atoms with van der Waals surface area (Å²) in [5.74, 6) is 0.488. The minimum absolute atomic E-state index is 0.0308. The average Bonchev–Trinajstić information content (AvgIpc) is 2.98. The summed E-state index contributed by atoms with van der Waals surface area (Å²) in [4.78, 5) is 32.6. The highest BCUT2D eigenvalue weighted by atomic mass is 16.2. The van der Waals surface area contributed by atoms with Crippen LogP contribution in [0, 0.1) is 18.8 Å². The fraction of sp³-hybridized carbons (Fsp3) is 0.636. The van der Waals surface area contributed by atoms with Gasteiger partial charge in [0.25, 0.3) is 5.91 Å². The fourth-order valence-electron chi connectivity index (χ4n) is 3.92. The van der Waals surface area contributed by atoms with Gasteiger partial charge in [-0.2, -0.15) is 5.10 Å². The maximum atomic E-state index is 13.5. The number of nitrogens with one attached hydrogen (secondary N) is 1. The standard InChI is InChI=1S/C22H33N5O2/c1-13(2)11-23-21(28)16-8-7-9-27(12-16)22(29)17-10-18(14(3)4)24-20-19(17)15(5)25-26(20)6/h10,13-14,16H,7-9,11-12H2,1-6H3,(H,23,28). The second kappa shape index (κ2) is 8.51. The van der Waals surface area contributed by atoms with E-state index in [1.807, 2.05) is 24.9 Å². The molecule has 1 unspecified atom stereocenters. The zero-order valence-electron chi connectivity index (χ0n) is 18.5.